The van der Waals surface area contributed by atoms with Crippen LogP contribution >= 0.6 is 11.8 Å². The summed E-state index contributed by atoms with van der Waals surface area (Å²) in [6.07, 6.45) is 0.867. The van der Waals surface area contributed by atoms with Gasteiger partial charge in [0.05, 0.1) is 5.69 Å². The Morgan fingerprint density at radius 2 is 1.90 bits per heavy atom. The number of nitrogens with zero attached hydrogens (tertiary/aromatic N) is 1. The molecular formula is C16H16N2O2S. The van der Waals surface area contributed by atoms with Gasteiger partial charge in [0.15, 0.2) is 5.69 Å². The molecule has 1 aliphatic rings. The van der Waals surface area contributed by atoms with Gasteiger partial charge in [-0.25, -0.2) is 5.21 Å². The van der Waals surface area contributed by atoms with Crippen molar-refractivity contribution in [2.45, 2.75) is 23.5 Å². The van der Waals surface area contributed by atoms with Crippen LogP contribution in [0.25, 0.3) is 0 Å². The minimum absolute atomic E-state index is 0.302. The van der Waals surface area contributed by atoms with Gasteiger partial charge in [0.1, 0.15) is 0 Å². The zero-order valence-corrected chi connectivity index (χ0v) is 12.4. The van der Waals surface area contributed by atoms with E-state index in [4.69, 9.17) is 10.2 Å². The normalized spacial score (nSPS) is 19.4. The molecule has 2 aromatic carbocycles. The Bertz CT molecular complexity index is 668. The molecule has 21 heavy (non-hydrogen) atoms. The van der Waals surface area contributed by atoms with Crippen LogP contribution in [0.15, 0.2) is 58.4 Å². The third-order valence-corrected chi connectivity index (χ3v) is 4.56. The molecule has 0 aromatic heterocycles. The molecule has 0 bridgehead atoms. The number of aliphatic imine (C=N–C) groups is 1. The molecule has 5 heteroatoms. The highest BCUT2D eigenvalue weighted by molar-refractivity contribution is 8.00. The Balaban J connectivity index is 1.99. The van der Waals surface area contributed by atoms with E-state index in [0.717, 1.165) is 23.4 Å². The topological polar surface area (TPSA) is 60.1 Å². The van der Waals surface area contributed by atoms with E-state index < -0.39 is 5.23 Å². The lowest BCUT2D eigenvalue weighted by Gasteiger charge is -2.13. The van der Waals surface area contributed by atoms with E-state index in [0.29, 0.717) is 10.9 Å². The molecule has 0 radical (unpaired) electrons. The van der Waals surface area contributed by atoms with Crippen molar-refractivity contribution in [1.82, 2.24) is 0 Å². The number of para-hydroxylation sites is 1. The maximum absolute atomic E-state index is 10.9. The Morgan fingerprint density at radius 1 is 1.19 bits per heavy atom. The number of nitrogens with one attached hydrogen (secondary N) is 1. The average Bonchev–Trinajstić information content (AvgIpc) is 2.65. The van der Waals surface area contributed by atoms with Crippen LogP contribution in [0.5, 0.6) is 0 Å². The second-order valence-corrected chi connectivity index (χ2v) is 6.52. The molecule has 0 aliphatic carbocycles. The number of thioether (sulfide) groups is 1. The van der Waals surface area contributed by atoms with Crippen molar-refractivity contribution in [2.75, 3.05) is 0 Å². The highest BCUT2D eigenvalue weighted by Crippen LogP contribution is 2.37. The molecular weight excluding hydrogens is 284 g/mol. The summed E-state index contributed by atoms with van der Waals surface area (Å²) >= 11 is 1.83. The first-order chi connectivity index (χ1) is 10.1. The summed E-state index contributed by atoms with van der Waals surface area (Å²) in [4.78, 5) is 5.98. The molecule has 2 unspecified atom stereocenters. The maximum Gasteiger partial charge on any atom is 0.163 e. The Hall–Kier alpha value is -1.66. The third kappa shape index (κ3) is 3.16. The van der Waals surface area contributed by atoms with Crippen LogP contribution in [0, 0.1) is 5.21 Å². The van der Waals surface area contributed by atoms with Crippen LogP contribution in [0.1, 0.15) is 18.9 Å². The van der Waals surface area contributed by atoms with E-state index in [-0.39, 0.29) is 0 Å². The van der Waals surface area contributed by atoms with Crippen LogP contribution in [0.4, 0.5) is 11.4 Å². The monoisotopic (exact) mass is 300 g/mol. The average molecular weight is 300 g/mol. The Morgan fingerprint density at radius 3 is 2.62 bits per heavy atom. The highest BCUT2D eigenvalue weighted by atomic mass is 32.2. The van der Waals surface area contributed by atoms with Gasteiger partial charge in [0, 0.05) is 34.4 Å². The van der Waals surface area contributed by atoms with Gasteiger partial charge in [-0.05, 0) is 29.8 Å². The predicted octanol–water partition coefficient (Wildman–Crippen LogP) is 3.10. The van der Waals surface area contributed by atoms with Gasteiger partial charge in [-0.2, -0.15) is 5.23 Å². The minimum Gasteiger partial charge on any atom is -0.595 e. The molecule has 3 rings (SSSR count). The summed E-state index contributed by atoms with van der Waals surface area (Å²) in [5.74, 6) is 0. The molecule has 0 saturated carbocycles. The number of fused-ring (bicyclic) bond motifs is 1. The summed E-state index contributed by atoms with van der Waals surface area (Å²) in [6.45, 7) is 2.19. The smallest absolute Gasteiger partial charge is 0.163 e. The molecule has 2 atom stereocenters. The van der Waals surface area contributed by atoms with Crippen LogP contribution in [0.2, 0.25) is 0 Å². The molecule has 0 spiro atoms. The summed E-state index contributed by atoms with van der Waals surface area (Å²) in [5, 5.41) is 19.4. The summed E-state index contributed by atoms with van der Waals surface area (Å²) in [7, 11) is 0. The second-order valence-electron chi connectivity index (χ2n) is 5.04. The van der Waals surface area contributed by atoms with Gasteiger partial charge in [0.2, 0.25) is 0 Å². The Labute approximate surface area is 127 Å². The fraction of sp³-hybridized carbons (Fsp3) is 0.188. The van der Waals surface area contributed by atoms with E-state index in [1.165, 1.54) is 4.90 Å². The summed E-state index contributed by atoms with van der Waals surface area (Å²) in [5.41, 5.74) is 3.29. The maximum atomic E-state index is 10.9. The first-order valence-corrected chi connectivity index (χ1v) is 7.68. The lowest BCUT2D eigenvalue weighted by Crippen LogP contribution is -2.99. The van der Waals surface area contributed by atoms with Crippen molar-refractivity contribution >= 4 is 28.8 Å². The van der Waals surface area contributed by atoms with Crippen molar-refractivity contribution < 1.29 is 10.4 Å². The predicted molar refractivity (Wildman–Crippen MR) is 84.8 cm³/mol. The van der Waals surface area contributed by atoms with Gasteiger partial charge in [-0.3, -0.25) is 4.99 Å². The van der Waals surface area contributed by atoms with Crippen LogP contribution in [0.3, 0.4) is 0 Å². The lowest BCUT2D eigenvalue weighted by molar-refractivity contribution is -0.991. The van der Waals surface area contributed by atoms with E-state index >= 15 is 0 Å². The number of hydrogen-bond acceptors (Lipinski definition) is 4. The van der Waals surface area contributed by atoms with Crippen LogP contribution < -0.4 is 5.23 Å². The molecule has 2 N–H and O–H groups in total. The van der Waals surface area contributed by atoms with E-state index in [1.807, 2.05) is 42.1 Å². The van der Waals surface area contributed by atoms with Gasteiger partial charge < -0.3 is 5.21 Å². The summed E-state index contributed by atoms with van der Waals surface area (Å²) < 4.78 is 0. The molecule has 1 aliphatic heterocycles. The van der Waals surface area contributed by atoms with Crippen molar-refractivity contribution in [1.29, 1.82) is 0 Å². The number of rotatable bonds is 2. The van der Waals surface area contributed by atoms with Crippen LogP contribution in [-0.4, -0.2) is 16.2 Å². The fourth-order valence-electron chi connectivity index (χ4n) is 2.36. The zero-order chi connectivity index (χ0) is 14.8. The summed E-state index contributed by atoms with van der Waals surface area (Å²) in [6, 6.07) is 15.1. The Kier molecular flexibility index (Phi) is 4.07. The second kappa shape index (κ2) is 5.99. The third-order valence-electron chi connectivity index (χ3n) is 3.39. The first kappa shape index (κ1) is 14.3. The molecule has 1 heterocycles. The van der Waals surface area contributed by atoms with E-state index in [1.54, 1.807) is 12.1 Å². The molecule has 2 aromatic rings. The molecule has 0 amide bonds. The van der Waals surface area contributed by atoms with Gasteiger partial charge in [-0.1, -0.05) is 19.1 Å². The van der Waals surface area contributed by atoms with Gasteiger partial charge in [-0.15, -0.1) is 11.8 Å². The molecule has 0 fully saturated rings. The standard InChI is InChI=1S/C16H16N2O2S/c1-11-10-15(12-6-8-13(9-7-12)18(19)20)17-14-4-2-3-5-16(14)21-11/h2-9,11,18-19H,10H2,1H3. The van der Waals surface area contributed by atoms with E-state index in [9.17, 15) is 5.21 Å². The molecule has 4 nitrogen and oxygen atoms in total. The van der Waals surface area contributed by atoms with Crippen molar-refractivity contribution in [3.05, 3.63) is 59.3 Å². The number of benzene rings is 2. The van der Waals surface area contributed by atoms with Crippen LogP contribution in [-0.2, 0) is 0 Å². The first-order valence-electron chi connectivity index (χ1n) is 6.80. The fourth-order valence-corrected chi connectivity index (χ4v) is 3.42. The largest absolute Gasteiger partial charge is 0.595 e. The number of hydrogen-bond donors (Lipinski definition) is 2. The lowest BCUT2D eigenvalue weighted by atomic mass is 10.1. The van der Waals surface area contributed by atoms with E-state index in [2.05, 4.69) is 13.0 Å². The van der Waals surface area contributed by atoms with Gasteiger partial charge >= 0.3 is 0 Å². The van der Waals surface area contributed by atoms with Crippen molar-refractivity contribution in [2.24, 2.45) is 4.99 Å². The zero-order valence-electron chi connectivity index (χ0n) is 11.6. The van der Waals surface area contributed by atoms with Gasteiger partial charge in [0.25, 0.3) is 0 Å². The highest BCUT2D eigenvalue weighted by Gasteiger charge is 2.17. The molecule has 108 valence electrons. The SMILES string of the molecule is CC1CC(c2ccc([NH+]([O-])O)cc2)=Nc2ccccc2S1. The molecule has 0 saturated heterocycles. The number of quaternary nitrogens is 1. The minimum atomic E-state index is -0.904. The quantitative estimate of drug-likeness (QED) is 0.838. The van der Waals surface area contributed by atoms with Crippen molar-refractivity contribution in [3.8, 4) is 0 Å². The van der Waals surface area contributed by atoms with Crippen molar-refractivity contribution in [3.63, 3.8) is 0 Å².